The Labute approximate surface area is 163 Å². The summed E-state index contributed by atoms with van der Waals surface area (Å²) >= 11 is 5.40. The molecule has 0 unspecified atom stereocenters. The lowest BCUT2D eigenvalue weighted by molar-refractivity contribution is -0.122. The number of primary sulfonamides is 1. The Hall–Kier alpha value is -2.49. The smallest absolute Gasteiger partial charge is 0.276 e. The number of amides is 1. The van der Waals surface area contributed by atoms with E-state index in [9.17, 15) is 13.2 Å². The molecule has 0 aliphatic carbocycles. The fourth-order valence-electron chi connectivity index (χ4n) is 3.00. The molecule has 27 heavy (non-hydrogen) atoms. The maximum Gasteiger partial charge on any atom is 0.276 e. The van der Waals surface area contributed by atoms with E-state index in [2.05, 4.69) is 0 Å². The molecular weight excluding hydrogens is 384 g/mol. The molecule has 1 fully saturated rings. The van der Waals surface area contributed by atoms with Crippen molar-refractivity contribution >= 4 is 39.3 Å². The normalized spacial score (nSPS) is 16.6. The van der Waals surface area contributed by atoms with Crippen molar-refractivity contribution < 1.29 is 13.2 Å². The number of nitrogens with zero attached hydrogens (tertiary/aromatic N) is 3. The van der Waals surface area contributed by atoms with Crippen LogP contribution < -0.4 is 5.14 Å². The van der Waals surface area contributed by atoms with Crippen LogP contribution in [-0.4, -0.2) is 46.9 Å². The minimum absolute atomic E-state index is 0.0466. The van der Waals surface area contributed by atoms with Gasteiger partial charge in [-0.15, -0.1) is 0 Å². The van der Waals surface area contributed by atoms with Crippen LogP contribution in [0, 0.1) is 0 Å². The van der Waals surface area contributed by atoms with Crippen LogP contribution in [0.25, 0.3) is 11.8 Å². The van der Waals surface area contributed by atoms with Crippen LogP contribution in [0.5, 0.6) is 0 Å². The number of carbonyl (C=O) groups excluding carboxylic acids is 1. The van der Waals surface area contributed by atoms with Gasteiger partial charge >= 0.3 is 0 Å². The molecule has 1 aliphatic heterocycles. The number of benzene rings is 1. The first-order chi connectivity index (χ1) is 12.8. The Morgan fingerprint density at radius 1 is 1.07 bits per heavy atom. The fraction of sp³-hybridized carbons (Fsp3) is 0.222. The van der Waals surface area contributed by atoms with Crippen LogP contribution in [0.1, 0.15) is 19.5 Å². The molecule has 7 nitrogen and oxygen atoms in total. The molecule has 1 saturated heterocycles. The molecule has 2 heterocycles. The van der Waals surface area contributed by atoms with Crippen LogP contribution in [0.15, 0.2) is 53.2 Å². The topological polar surface area (TPSA) is 88.6 Å². The fourth-order valence-corrected chi connectivity index (χ4v) is 3.95. The van der Waals surface area contributed by atoms with Crippen molar-refractivity contribution in [1.82, 2.24) is 14.4 Å². The zero-order valence-corrected chi connectivity index (χ0v) is 16.6. The third-order valence-electron chi connectivity index (χ3n) is 4.36. The molecule has 9 heteroatoms. The highest BCUT2D eigenvalue weighted by molar-refractivity contribution is 7.89. The predicted molar refractivity (Wildman–Crippen MR) is 107 cm³/mol. The van der Waals surface area contributed by atoms with Crippen molar-refractivity contribution in [3.05, 3.63) is 54.0 Å². The Bertz CT molecular complexity index is 1020. The van der Waals surface area contributed by atoms with Gasteiger partial charge < -0.3 is 9.47 Å². The number of sulfonamides is 1. The quantitative estimate of drug-likeness (QED) is 0.608. The van der Waals surface area contributed by atoms with Gasteiger partial charge in [0.05, 0.1) is 4.90 Å². The summed E-state index contributed by atoms with van der Waals surface area (Å²) in [4.78, 5) is 16.1. The molecule has 1 amide bonds. The largest absolute Gasteiger partial charge is 0.317 e. The lowest BCUT2D eigenvalue weighted by Crippen LogP contribution is -2.32. The summed E-state index contributed by atoms with van der Waals surface area (Å²) < 4.78 is 24.7. The Morgan fingerprint density at radius 3 is 2.26 bits per heavy atom. The number of hydrogen-bond acceptors (Lipinski definition) is 4. The zero-order chi connectivity index (χ0) is 19.8. The molecule has 0 atom stereocenters. The molecule has 142 valence electrons. The lowest BCUT2D eigenvalue weighted by atomic mass is 10.2. The van der Waals surface area contributed by atoms with Gasteiger partial charge in [-0.25, -0.2) is 13.6 Å². The van der Waals surface area contributed by atoms with Gasteiger partial charge in [-0.05, 0) is 68.5 Å². The lowest BCUT2D eigenvalue weighted by Gasteiger charge is -2.17. The van der Waals surface area contributed by atoms with Crippen LogP contribution in [-0.2, 0) is 14.8 Å². The summed E-state index contributed by atoms with van der Waals surface area (Å²) in [6, 6.07) is 9.96. The number of likely N-dealkylation sites (N-methyl/N-ethyl adjacent to an activating group) is 2. The zero-order valence-electron chi connectivity index (χ0n) is 15.0. The van der Waals surface area contributed by atoms with E-state index in [1.54, 1.807) is 23.1 Å². The second kappa shape index (κ2) is 7.26. The number of nitrogens with two attached hydrogens (primary N) is 1. The number of aromatic nitrogens is 1. The highest BCUT2D eigenvalue weighted by Crippen LogP contribution is 2.25. The maximum absolute atomic E-state index is 12.7. The maximum atomic E-state index is 12.7. The molecule has 0 radical (unpaired) electrons. The average Bonchev–Trinajstić information content (AvgIpc) is 3.17. The highest BCUT2D eigenvalue weighted by atomic mass is 32.2. The van der Waals surface area contributed by atoms with Gasteiger partial charge in [0.15, 0.2) is 5.11 Å². The summed E-state index contributed by atoms with van der Waals surface area (Å²) in [5.41, 5.74) is 2.05. The van der Waals surface area contributed by atoms with E-state index < -0.39 is 10.0 Å². The molecule has 2 N–H and O–H groups in total. The van der Waals surface area contributed by atoms with Gasteiger partial charge in [0.2, 0.25) is 10.0 Å². The van der Waals surface area contributed by atoms with Gasteiger partial charge in [-0.1, -0.05) is 0 Å². The molecule has 1 aromatic carbocycles. The van der Waals surface area contributed by atoms with Crippen molar-refractivity contribution in [3.63, 3.8) is 0 Å². The third-order valence-corrected chi connectivity index (χ3v) is 5.73. The van der Waals surface area contributed by atoms with Gasteiger partial charge in [0, 0.05) is 30.7 Å². The van der Waals surface area contributed by atoms with Gasteiger partial charge in [-0.2, -0.15) is 0 Å². The van der Waals surface area contributed by atoms with Crippen molar-refractivity contribution in [2.75, 3.05) is 13.1 Å². The monoisotopic (exact) mass is 404 g/mol. The summed E-state index contributed by atoms with van der Waals surface area (Å²) in [7, 11) is -3.74. The molecule has 1 aromatic heterocycles. The van der Waals surface area contributed by atoms with E-state index in [1.165, 1.54) is 12.1 Å². The predicted octanol–water partition coefficient (Wildman–Crippen LogP) is 1.93. The molecule has 3 rings (SSSR count). The minimum Gasteiger partial charge on any atom is -0.317 e. The van der Waals surface area contributed by atoms with Crippen LogP contribution >= 0.6 is 12.2 Å². The Morgan fingerprint density at radius 2 is 1.70 bits per heavy atom. The van der Waals surface area contributed by atoms with Crippen molar-refractivity contribution in [2.24, 2.45) is 5.14 Å². The SMILES string of the molecule is CCN1C(=O)/C(=C/c2cccn2-c2ccc(S(N)(=O)=O)cc2)N(CC)C1=S. The number of carbonyl (C=O) groups is 1. The molecule has 1 aliphatic rings. The Balaban J connectivity index is 2.01. The first-order valence-electron chi connectivity index (χ1n) is 8.43. The summed E-state index contributed by atoms with van der Waals surface area (Å²) in [5.74, 6) is -0.123. The summed E-state index contributed by atoms with van der Waals surface area (Å²) in [6.45, 7) is 4.94. The number of thiocarbonyl (C=S) groups is 1. The van der Waals surface area contributed by atoms with E-state index in [0.29, 0.717) is 23.9 Å². The first-order valence-corrected chi connectivity index (χ1v) is 10.4. The molecule has 0 spiro atoms. The van der Waals surface area contributed by atoms with Crippen LogP contribution in [0.4, 0.5) is 0 Å². The van der Waals surface area contributed by atoms with E-state index in [0.717, 1.165) is 11.4 Å². The second-order valence-electron chi connectivity index (χ2n) is 5.95. The summed E-state index contributed by atoms with van der Waals surface area (Å²) in [5, 5.41) is 5.65. The van der Waals surface area contributed by atoms with E-state index in [-0.39, 0.29) is 10.8 Å². The second-order valence-corrected chi connectivity index (χ2v) is 7.87. The average molecular weight is 405 g/mol. The van der Waals surface area contributed by atoms with Crippen molar-refractivity contribution in [1.29, 1.82) is 0 Å². The number of rotatable bonds is 5. The van der Waals surface area contributed by atoms with Crippen LogP contribution in [0.3, 0.4) is 0 Å². The van der Waals surface area contributed by atoms with Crippen LogP contribution in [0.2, 0.25) is 0 Å². The van der Waals surface area contributed by atoms with E-state index >= 15 is 0 Å². The van der Waals surface area contributed by atoms with Crippen molar-refractivity contribution in [3.8, 4) is 5.69 Å². The molecular formula is C18H20N4O3S2. The molecule has 2 aromatic rings. The standard InChI is InChI=1S/C18H20N4O3S2/c1-3-20-16(17(23)21(4-2)18(20)26)12-14-6-5-11-22(14)13-7-9-15(10-8-13)27(19,24)25/h5-12H,3-4H2,1-2H3,(H2,19,24,25)/b16-12-. The third kappa shape index (κ3) is 3.53. The minimum atomic E-state index is -3.74. The van der Waals surface area contributed by atoms with Gasteiger partial charge in [0.25, 0.3) is 5.91 Å². The molecule has 0 saturated carbocycles. The highest BCUT2D eigenvalue weighted by Gasteiger charge is 2.36. The van der Waals surface area contributed by atoms with E-state index in [4.69, 9.17) is 17.4 Å². The van der Waals surface area contributed by atoms with E-state index in [1.807, 2.05) is 41.6 Å². The summed E-state index contributed by atoms with van der Waals surface area (Å²) in [6.07, 6.45) is 3.63. The molecule has 0 bridgehead atoms. The Kier molecular flexibility index (Phi) is 5.18. The van der Waals surface area contributed by atoms with Gasteiger partial charge in [-0.3, -0.25) is 9.69 Å². The van der Waals surface area contributed by atoms with Crippen molar-refractivity contribution in [2.45, 2.75) is 18.7 Å². The number of hydrogen-bond donors (Lipinski definition) is 1. The first kappa shape index (κ1) is 19.3. The van der Waals surface area contributed by atoms with Gasteiger partial charge in [0.1, 0.15) is 5.70 Å².